The molecule has 2 aromatic rings. The van der Waals surface area contributed by atoms with Crippen molar-refractivity contribution >= 4 is 17.8 Å². The molecule has 1 heterocycles. The number of carbonyl (C=O) groups is 3. The maximum absolute atomic E-state index is 13.0. The molecule has 0 aliphatic carbocycles. The first kappa shape index (κ1) is 19.6. The van der Waals surface area contributed by atoms with Gasteiger partial charge in [-0.2, -0.15) is 0 Å². The number of rotatable bonds is 7. The summed E-state index contributed by atoms with van der Waals surface area (Å²) in [6.45, 7) is 3.95. The van der Waals surface area contributed by atoms with Gasteiger partial charge >= 0.3 is 6.03 Å². The van der Waals surface area contributed by atoms with Crippen LogP contribution in [-0.2, 0) is 22.6 Å². The van der Waals surface area contributed by atoms with E-state index < -0.39 is 11.6 Å². The van der Waals surface area contributed by atoms with Crippen LogP contribution in [0.1, 0.15) is 25.0 Å². The monoisotopic (exact) mass is 379 g/mol. The normalized spacial score (nSPS) is 15.4. The number of hydrogen-bond donors (Lipinski definition) is 1. The van der Waals surface area contributed by atoms with Crippen LogP contribution in [0.4, 0.5) is 4.79 Å². The van der Waals surface area contributed by atoms with Crippen LogP contribution in [0.5, 0.6) is 0 Å². The van der Waals surface area contributed by atoms with Gasteiger partial charge in [-0.1, -0.05) is 60.7 Å². The maximum Gasteiger partial charge on any atom is 0.325 e. The number of nitrogens with zero attached hydrogens (tertiary/aromatic N) is 2. The summed E-state index contributed by atoms with van der Waals surface area (Å²) in [5.74, 6) is -0.630. The SMILES string of the molecule is CC1(C)NC(=O)N(CC(=O)N(CCc2ccccc2)Cc2ccccc2)C1=O. The molecule has 2 aromatic carbocycles. The Bertz CT molecular complexity index is 850. The molecule has 0 aromatic heterocycles. The van der Waals surface area contributed by atoms with Gasteiger partial charge in [0.1, 0.15) is 12.1 Å². The van der Waals surface area contributed by atoms with Gasteiger partial charge in [0, 0.05) is 13.1 Å². The summed E-state index contributed by atoms with van der Waals surface area (Å²) in [5.41, 5.74) is 1.15. The molecular weight excluding hydrogens is 354 g/mol. The van der Waals surface area contributed by atoms with Gasteiger partial charge in [-0.05, 0) is 31.4 Å². The Morgan fingerprint density at radius 1 is 0.964 bits per heavy atom. The summed E-state index contributed by atoms with van der Waals surface area (Å²) in [7, 11) is 0. The predicted molar refractivity (Wildman–Crippen MR) is 106 cm³/mol. The first-order valence-electron chi connectivity index (χ1n) is 9.36. The zero-order valence-electron chi connectivity index (χ0n) is 16.2. The lowest BCUT2D eigenvalue weighted by Gasteiger charge is -2.25. The largest absolute Gasteiger partial charge is 0.336 e. The van der Waals surface area contributed by atoms with Gasteiger partial charge in [-0.3, -0.25) is 14.5 Å². The van der Waals surface area contributed by atoms with Gasteiger partial charge in [-0.15, -0.1) is 0 Å². The molecule has 28 heavy (non-hydrogen) atoms. The molecule has 0 unspecified atom stereocenters. The zero-order valence-corrected chi connectivity index (χ0v) is 16.2. The van der Waals surface area contributed by atoms with E-state index in [4.69, 9.17) is 0 Å². The van der Waals surface area contributed by atoms with Gasteiger partial charge < -0.3 is 10.2 Å². The van der Waals surface area contributed by atoms with Crippen molar-refractivity contribution in [3.63, 3.8) is 0 Å². The molecule has 1 saturated heterocycles. The molecule has 0 radical (unpaired) electrons. The first-order chi connectivity index (χ1) is 13.4. The third kappa shape index (κ3) is 4.57. The van der Waals surface area contributed by atoms with Gasteiger partial charge in [0.25, 0.3) is 5.91 Å². The molecule has 1 aliphatic rings. The third-order valence-corrected chi connectivity index (χ3v) is 4.82. The van der Waals surface area contributed by atoms with Gasteiger partial charge in [-0.25, -0.2) is 4.79 Å². The van der Waals surface area contributed by atoms with Crippen molar-refractivity contribution in [1.29, 1.82) is 0 Å². The Balaban J connectivity index is 1.72. The fourth-order valence-electron chi connectivity index (χ4n) is 3.20. The van der Waals surface area contributed by atoms with Crippen LogP contribution in [0, 0.1) is 0 Å². The van der Waals surface area contributed by atoms with Crippen LogP contribution >= 0.6 is 0 Å². The highest BCUT2D eigenvalue weighted by atomic mass is 16.2. The van der Waals surface area contributed by atoms with E-state index in [2.05, 4.69) is 5.32 Å². The Morgan fingerprint density at radius 3 is 2.07 bits per heavy atom. The molecule has 3 rings (SSSR count). The predicted octanol–water partition coefficient (Wildman–Crippen LogP) is 2.59. The summed E-state index contributed by atoms with van der Waals surface area (Å²) in [6.07, 6.45) is 0.699. The number of hydrogen-bond acceptors (Lipinski definition) is 3. The Labute approximate surface area is 165 Å². The number of amides is 4. The molecule has 6 heteroatoms. The van der Waals surface area contributed by atoms with Gasteiger partial charge in [0.2, 0.25) is 5.91 Å². The van der Waals surface area contributed by atoms with E-state index >= 15 is 0 Å². The molecule has 4 amide bonds. The van der Waals surface area contributed by atoms with Crippen LogP contribution in [0.25, 0.3) is 0 Å². The van der Waals surface area contributed by atoms with Crippen molar-refractivity contribution in [3.05, 3.63) is 71.8 Å². The minimum absolute atomic E-state index is 0.249. The molecule has 146 valence electrons. The van der Waals surface area contributed by atoms with Crippen LogP contribution in [-0.4, -0.2) is 46.3 Å². The molecule has 0 atom stereocenters. The summed E-state index contributed by atoms with van der Waals surface area (Å²) in [4.78, 5) is 40.2. The molecule has 1 fully saturated rings. The van der Waals surface area contributed by atoms with E-state index in [1.807, 2.05) is 60.7 Å². The number of benzene rings is 2. The summed E-state index contributed by atoms with van der Waals surface area (Å²) < 4.78 is 0. The lowest BCUT2D eigenvalue weighted by molar-refractivity contribution is -0.138. The highest BCUT2D eigenvalue weighted by molar-refractivity contribution is 6.08. The first-order valence-corrected chi connectivity index (χ1v) is 9.36. The van der Waals surface area contributed by atoms with Crippen LogP contribution in [0.2, 0.25) is 0 Å². The molecule has 0 spiro atoms. The lowest BCUT2D eigenvalue weighted by atomic mass is 10.1. The minimum Gasteiger partial charge on any atom is -0.336 e. The highest BCUT2D eigenvalue weighted by Crippen LogP contribution is 2.17. The molecule has 6 nitrogen and oxygen atoms in total. The number of imide groups is 1. The fourth-order valence-corrected chi connectivity index (χ4v) is 3.20. The number of carbonyl (C=O) groups excluding carboxylic acids is 3. The molecule has 0 saturated carbocycles. The van der Waals surface area contributed by atoms with Crippen molar-refractivity contribution in [2.45, 2.75) is 32.4 Å². The van der Waals surface area contributed by atoms with E-state index in [1.165, 1.54) is 0 Å². The van der Waals surface area contributed by atoms with Gasteiger partial charge in [0.15, 0.2) is 0 Å². The van der Waals surface area contributed by atoms with E-state index in [0.29, 0.717) is 19.5 Å². The number of urea groups is 1. The standard InChI is InChI=1S/C22H25N3O3/c1-22(2)20(27)25(21(28)23-22)16-19(26)24(15-18-11-7-4-8-12-18)14-13-17-9-5-3-6-10-17/h3-12H,13-16H2,1-2H3,(H,23,28). The molecule has 1 aliphatic heterocycles. The summed E-state index contributed by atoms with van der Waals surface area (Å²) in [6, 6.07) is 19.1. The average molecular weight is 379 g/mol. The Kier molecular flexibility index (Phi) is 5.78. The lowest BCUT2D eigenvalue weighted by Crippen LogP contribution is -2.44. The average Bonchev–Trinajstić information content (AvgIpc) is 2.88. The van der Waals surface area contributed by atoms with Crippen molar-refractivity contribution in [2.75, 3.05) is 13.1 Å². The van der Waals surface area contributed by atoms with Gasteiger partial charge in [0.05, 0.1) is 0 Å². The quantitative estimate of drug-likeness (QED) is 0.752. The fraction of sp³-hybridized carbons (Fsp3) is 0.318. The molecular formula is C22H25N3O3. The van der Waals surface area contributed by atoms with Crippen LogP contribution in [0.15, 0.2) is 60.7 Å². The second kappa shape index (κ2) is 8.25. The molecule has 1 N–H and O–H groups in total. The topological polar surface area (TPSA) is 69.7 Å². The smallest absolute Gasteiger partial charge is 0.325 e. The van der Waals surface area contributed by atoms with E-state index in [9.17, 15) is 14.4 Å². The van der Waals surface area contributed by atoms with Crippen molar-refractivity contribution in [1.82, 2.24) is 15.1 Å². The zero-order chi connectivity index (χ0) is 20.1. The summed E-state index contributed by atoms with van der Waals surface area (Å²) in [5, 5.41) is 2.61. The second-order valence-corrected chi connectivity index (χ2v) is 7.48. The Morgan fingerprint density at radius 2 is 1.54 bits per heavy atom. The van der Waals surface area contributed by atoms with Crippen LogP contribution in [0.3, 0.4) is 0 Å². The second-order valence-electron chi connectivity index (χ2n) is 7.48. The maximum atomic E-state index is 13.0. The summed E-state index contributed by atoms with van der Waals surface area (Å²) >= 11 is 0. The third-order valence-electron chi connectivity index (χ3n) is 4.82. The van der Waals surface area contributed by atoms with Crippen molar-refractivity contribution in [3.8, 4) is 0 Å². The van der Waals surface area contributed by atoms with E-state index in [1.54, 1.807) is 18.7 Å². The molecule has 0 bridgehead atoms. The van der Waals surface area contributed by atoms with E-state index in [0.717, 1.165) is 16.0 Å². The van der Waals surface area contributed by atoms with Crippen molar-refractivity contribution < 1.29 is 14.4 Å². The Hall–Kier alpha value is -3.15. The van der Waals surface area contributed by atoms with Crippen molar-refractivity contribution in [2.24, 2.45) is 0 Å². The van der Waals surface area contributed by atoms with E-state index in [-0.39, 0.29) is 18.4 Å². The minimum atomic E-state index is -0.980. The number of nitrogens with one attached hydrogen (secondary N) is 1. The highest BCUT2D eigenvalue weighted by Gasteiger charge is 2.45. The van der Waals surface area contributed by atoms with Crippen LogP contribution < -0.4 is 5.32 Å².